The number of carbonyl (C=O) groups excluding carboxylic acids is 1. The van der Waals surface area contributed by atoms with Gasteiger partial charge in [0, 0.05) is 13.6 Å². The molecule has 4 aliphatic carbocycles. The average Bonchev–Trinajstić information content (AvgIpc) is 2.35. The lowest BCUT2D eigenvalue weighted by molar-refractivity contribution is -0.136. The van der Waals surface area contributed by atoms with Gasteiger partial charge in [0.15, 0.2) is 0 Å². The van der Waals surface area contributed by atoms with Crippen LogP contribution in [0.3, 0.4) is 0 Å². The summed E-state index contributed by atoms with van der Waals surface area (Å²) in [5.74, 6) is 2.89. The van der Waals surface area contributed by atoms with Gasteiger partial charge in [-0.3, -0.25) is 4.79 Å². The van der Waals surface area contributed by atoms with Crippen molar-refractivity contribution in [1.82, 2.24) is 4.90 Å². The van der Waals surface area contributed by atoms with E-state index in [9.17, 15) is 4.79 Å². The van der Waals surface area contributed by atoms with E-state index in [1.54, 1.807) is 6.08 Å². The van der Waals surface area contributed by atoms with E-state index in [2.05, 4.69) is 6.58 Å². The third-order valence-electron chi connectivity index (χ3n) is 5.85. The Labute approximate surface area is 122 Å². The van der Waals surface area contributed by atoms with Crippen molar-refractivity contribution in [2.75, 3.05) is 13.6 Å². The molecule has 20 heavy (non-hydrogen) atoms. The summed E-state index contributed by atoms with van der Waals surface area (Å²) in [6.07, 6.45) is 10.7. The second-order valence-corrected chi connectivity index (χ2v) is 7.74. The first kappa shape index (κ1) is 14.1. The minimum atomic E-state index is -0.411. The number of rotatable bonds is 5. The Bertz CT molecular complexity index is 369. The molecule has 1 amide bonds. The molecule has 4 saturated carbocycles. The Kier molecular flexibility index (Phi) is 3.65. The number of hydrogen-bond donors (Lipinski definition) is 1. The summed E-state index contributed by atoms with van der Waals surface area (Å²) in [4.78, 5) is 14.2. The highest BCUT2D eigenvalue weighted by molar-refractivity contribution is 5.81. The van der Waals surface area contributed by atoms with Crippen LogP contribution in [0.25, 0.3) is 0 Å². The van der Waals surface area contributed by atoms with Crippen molar-refractivity contribution in [3.63, 3.8) is 0 Å². The van der Waals surface area contributed by atoms with E-state index in [0.29, 0.717) is 11.8 Å². The van der Waals surface area contributed by atoms with Crippen molar-refractivity contribution < 1.29 is 4.79 Å². The maximum absolute atomic E-state index is 12.3. The fourth-order valence-corrected chi connectivity index (χ4v) is 5.63. The molecule has 4 rings (SSSR count). The van der Waals surface area contributed by atoms with E-state index in [1.807, 2.05) is 11.9 Å². The second-order valence-electron chi connectivity index (χ2n) is 7.74. The predicted octanol–water partition coefficient (Wildman–Crippen LogP) is 2.56. The van der Waals surface area contributed by atoms with Crippen LogP contribution >= 0.6 is 0 Å². The summed E-state index contributed by atoms with van der Waals surface area (Å²) >= 11 is 0. The molecule has 0 radical (unpaired) electrons. The maximum atomic E-state index is 12.3. The Balaban J connectivity index is 1.65. The Morgan fingerprint density at radius 3 is 2.25 bits per heavy atom. The first-order valence-corrected chi connectivity index (χ1v) is 8.13. The van der Waals surface area contributed by atoms with E-state index in [1.165, 1.54) is 38.5 Å². The lowest BCUT2D eigenvalue weighted by Crippen LogP contribution is -2.53. The van der Waals surface area contributed by atoms with Gasteiger partial charge in [-0.05, 0) is 68.1 Å². The van der Waals surface area contributed by atoms with Crippen LogP contribution in [0.4, 0.5) is 0 Å². The van der Waals surface area contributed by atoms with Crippen LogP contribution in [0.2, 0.25) is 0 Å². The van der Waals surface area contributed by atoms with Crippen LogP contribution in [0.1, 0.15) is 44.9 Å². The van der Waals surface area contributed by atoms with Gasteiger partial charge in [-0.1, -0.05) is 6.08 Å². The Morgan fingerprint density at radius 1 is 1.30 bits per heavy atom. The lowest BCUT2D eigenvalue weighted by atomic mass is 9.49. The first-order chi connectivity index (χ1) is 9.51. The number of amides is 1. The minimum absolute atomic E-state index is 0.0839. The molecule has 0 aromatic rings. The molecule has 0 aromatic carbocycles. The number of likely N-dealkylation sites (N-methyl/N-ethyl adjacent to an activating group) is 1. The number of nitrogens with zero attached hydrogens (tertiary/aromatic N) is 1. The molecule has 0 saturated heterocycles. The third kappa shape index (κ3) is 2.52. The van der Waals surface area contributed by atoms with Crippen LogP contribution < -0.4 is 5.73 Å². The molecule has 0 aromatic heterocycles. The summed E-state index contributed by atoms with van der Waals surface area (Å²) in [5, 5.41) is 0. The highest BCUT2D eigenvalue weighted by Crippen LogP contribution is 2.60. The zero-order chi connectivity index (χ0) is 14.3. The van der Waals surface area contributed by atoms with E-state index in [0.717, 1.165) is 24.3 Å². The molecule has 3 nitrogen and oxygen atoms in total. The zero-order valence-electron chi connectivity index (χ0n) is 12.7. The summed E-state index contributed by atoms with van der Waals surface area (Å²) in [6.45, 7) is 4.59. The summed E-state index contributed by atoms with van der Waals surface area (Å²) in [6, 6.07) is -0.411. The molecular formula is C17H28N2O. The number of hydrogen-bond acceptors (Lipinski definition) is 2. The fourth-order valence-electron chi connectivity index (χ4n) is 5.63. The molecule has 4 fully saturated rings. The molecule has 1 atom stereocenters. The zero-order valence-corrected chi connectivity index (χ0v) is 12.7. The summed E-state index contributed by atoms with van der Waals surface area (Å²) in [7, 11) is 1.93. The average molecular weight is 276 g/mol. The third-order valence-corrected chi connectivity index (χ3v) is 5.85. The fraction of sp³-hybridized carbons (Fsp3) is 0.824. The molecular weight excluding hydrogens is 248 g/mol. The van der Waals surface area contributed by atoms with Crippen molar-refractivity contribution in [2.45, 2.75) is 51.0 Å². The quantitative estimate of drug-likeness (QED) is 0.784. The molecule has 0 spiro atoms. The molecule has 4 bridgehead atoms. The van der Waals surface area contributed by atoms with E-state index < -0.39 is 6.04 Å². The SMILES string of the molecule is C=CCC(N)C(=O)N(C)CC12CC3CC(CC(C3)C1)C2. The predicted molar refractivity (Wildman–Crippen MR) is 81.0 cm³/mol. The Morgan fingerprint density at radius 2 is 1.80 bits per heavy atom. The van der Waals surface area contributed by atoms with Crippen molar-refractivity contribution in [1.29, 1.82) is 0 Å². The molecule has 112 valence electrons. The second kappa shape index (κ2) is 5.18. The van der Waals surface area contributed by atoms with Gasteiger partial charge >= 0.3 is 0 Å². The van der Waals surface area contributed by atoms with Crippen LogP contribution in [0.15, 0.2) is 12.7 Å². The van der Waals surface area contributed by atoms with Crippen LogP contribution in [-0.4, -0.2) is 30.4 Å². The summed E-state index contributed by atoms with van der Waals surface area (Å²) in [5.41, 5.74) is 6.34. The monoisotopic (exact) mass is 276 g/mol. The molecule has 4 aliphatic rings. The normalized spacial score (nSPS) is 39.6. The van der Waals surface area contributed by atoms with Gasteiger partial charge in [0.1, 0.15) is 0 Å². The van der Waals surface area contributed by atoms with Gasteiger partial charge in [0.2, 0.25) is 5.91 Å². The summed E-state index contributed by atoms with van der Waals surface area (Å²) < 4.78 is 0. The van der Waals surface area contributed by atoms with Gasteiger partial charge in [-0.2, -0.15) is 0 Å². The highest BCUT2D eigenvalue weighted by atomic mass is 16.2. The molecule has 2 N–H and O–H groups in total. The first-order valence-electron chi connectivity index (χ1n) is 8.13. The van der Waals surface area contributed by atoms with Crippen molar-refractivity contribution in [2.24, 2.45) is 28.9 Å². The van der Waals surface area contributed by atoms with Gasteiger partial charge < -0.3 is 10.6 Å². The number of carbonyl (C=O) groups is 1. The number of nitrogens with two attached hydrogens (primary N) is 1. The van der Waals surface area contributed by atoms with Gasteiger partial charge in [0.25, 0.3) is 0 Å². The van der Waals surface area contributed by atoms with Crippen LogP contribution in [0, 0.1) is 23.2 Å². The molecule has 1 unspecified atom stereocenters. The molecule has 0 heterocycles. The molecule has 0 aliphatic heterocycles. The van der Waals surface area contributed by atoms with E-state index in [-0.39, 0.29) is 5.91 Å². The van der Waals surface area contributed by atoms with Gasteiger partial charge in [0.05, 0.1) is 6.04 Å². The standard InChI is InChI=1S/C17H28N2O/c1-3-4-15(18)16(20)19(2)11-17-8-12-5-13(9-17)7-14(6-12)10-17/h3,12-15H,1,4-11,18H2,2H3. The van der Waals surface area contributed by atoms with E-state index >= 15 is 0 Å². The molecule has 3 heteroatoms. The van der Waals surface area contributed by atoms with Gasteiger partial charge in [-0.25, -0.2) is 0 Å². The highest BCUT2D eigenvalue weighted by Gasteiger charge is 2.51. The smallest absolute Gasteiger partial charge is 0.239 e. The van der Waals surface area contributed by atoms with Crippen molar-refractivity contribution in [3.05, 3.63) is 12.7 Å². The van der Waals surface area contributed by atoms with E-state index in [4.69, 9.17) is 5.73 Å². The topological polar surface area (TPSA) is 46.3 Å². The van der Waals surface area contributed by atoms with Gasteiger partial charge in [-0.15, -0.1) is 6.58 Å². The lowest BCUT2D eigenvalue weighted by Gasteiger charge is -2.57. The Hall–Kier alpha value is -0.830. The van der Waals surface area contributed by atoms with Crippen molar-refractivity contribution >= 4 is 5.91 Å². The van der Waals surface area contributed by atoms with Crippen molar-refractivity contribution in [3.8, 4) is 0 Å². The van der Waals surface area contributed by atoms with Crippen LogP contribution in [0.5, 0.6) is 0 Å². The van der Waals surface area contributed by atoms with Crippen LogP contribution in [-0.2, 0) is 4.79 Å². The maximum Gasteiger partial charge on any atom is 0.239 e. The largest absolute Gasteiger partial charge is 0.344 e. The minimum Gasteiger partial charge on any atom is -0.344 e.